The fourth-order valence-electron chi connectivity index (χ4n) is 2.50. The molecule has 0 saturated heterocycles. The average molecular weight is 345 g/mol. The number of aromatic nitrogens is 1. The Bertz CT molecular complexity index is 789. The van der Waals surface area contributed by atoms with Crippen LogP contribution in [0.3, 0.4) is 0 Å². The first-order valence-electron chi connectivity index (χ1n) is 6.66. The van der Waals surface area contributed by atoms with Crippen LogP contribution in [0.1, 0.15) is 17.2 Å². The van der Waals surface area contributed by atoms with Crippen molar-refractivity contribution in [1.29, 1.82) is 0 Å². The standard InChI is InChI=1S/C17H14BrFN2/c1-20-17(14-10-13(19)6-7-15(14)18)12-5-4-11-3-2-8-21-16(11)9-12/h2-10,17,20H,1H3. The number of pyridine rings is 1. The molecule has 0 bridgehead atoms. The van der Waals surface area contributed by atoms with Crippen LogP contribution in [0.25, 0.3) is 10.9 Å². The van der Waals surface area contributed by atoms with Gasteiger partial charge in [0.1, 0.15) is 5.82 Å². The van der Waals surface area contributed by atoms with Gasteiger partial charge in [-0.1, -0.05) is 34.1 Å². The maximum absolute atomic E-state index is 13.6. The first-order chi connectivity index (χ1) is 10.2. The van der Waals surface area contributed by atoms with Crippen molar-refractivity contribution in [3.8, 4) is 0 Å². The van der Waals surface area contributed by atoms with Gasteiger partial charge in [0.2, 0.25) is 0 Å². The van der Waals surface area contributed by atoms with E-state index in [4.69, 9.17) is 0 Å². The number of halogens is 2. The first-order valence-corrected chi connectivity index (χ1v) is 7.45. The van der Waals surface area contributed by atoms with Crippen LogP contribution >= 0.6 is 15.9 Å². The van der Waals surface area contributed by atoms with Crippen LogP contribution in [0.2, 0.25) is 0 Å². The van der Waals surface area contributed by atoms with Gasteiger partial charge in [-0.3, -0.25) is 4.98 Å². The Morgan fingerprint density at radius 2 is 2.00 bits per heavy atom. The minimum atomic E-state index is -0.243. The maximum Gasteiger partial charge on any atom is 0.123 e. The predicted molar refractivity (Wildman–Crippen MR) is 86.7 cm³/mol. The van der Waals surface area contributed by atoms with E-state index in [1.54, 1.807) is 18.3 Å². The number of fused-ring (bicyclic) bond motifs is 1. The smallest absolute Gasteiger partial charge is 0.123 e. The van der Waals surface area contributed by atoms with Gasteiger partial charge in [0.05, 0.1) is 11.6 Å². The van der Waals surface area contributed by atoms with Crippen molar-refractivity contribution in [3.63, 3.8) is 0 Å². The average Bonchev–Trinajstić information content (AvgIpc) is 2.51. The highest BCUT2D eigenvalue weighted by atomic mass is 79.9. The molecular weight excluding hydrogens is 331 g/mol. The Labute approximate surface area is 131 Å². The van der Waals surface area contributed by atoms with Crippen molar-refractivity contribution in [3.05, 3.63) is 76.1 Å². The minimum Gasteiger partial charge on any atom is -0.309 e. The van der Waals surface area contributed by atoms with Gasteiger partial charge >= 0.3 is 0 Å². The largest absolute Gasteiger partial charge is 0.309 e. The Kier molecular flexibility index (Phi) is 3.99. The van der Waals surface area contributed by atoms with Gasteiger partial charge in [-0.2, -0.15) is 0 Å². The molecule has 0 amide bonds. The number of hydrogen-bond acceptors (Lipinski definition) is 2. The van der Waals surface area contributed by atoms with Crippen LogP contribution in [0.4, 0.5) is 4.39 Å². The van der Waals surface area contributed by atoms with Gasteiger partial charge in [0.25, 0.3) is 0 Å². The molecule has 1 aromatic heterocycles. The molecule has 0 fully saturated rings. The van der Waals surface area contributed by atoms with Crippen molar-refractivity contribution in [2.24, 2.45) is 0 Å². The van der Waals surface area contributed by atoms with E-state index in [0.29, 0.717) is 0 Å². The fraction of sp³-hybridized carbons (Fsp3) is 0.118. The van der Waals surface area contributed by atoms with Gasteiger partial charge in [0, 0.05) is 16.1 Å². The summed E-state index contributed by atoms with van der Waals surface area (Å²) in [5.74, 6) is -0.243. The van der Waals surface area contributed by atoms with E-state index in [-0.39, 0.29) is 11.9 Å². The molecule has 1 heterocycles. The lowest BCUT2D eigenvalue weighted by Gasteiger charge is -2.19. The summed E-state index contributed by atoms with van der Waals surface area (Å²) in [6, 6.07) is 14.7. The molecular formula is C17H14BrFN2. The zero-order valence-electron chi connectivity index (χ0n) is 11.5. The summed E-state index contributed by atoms with van der Waals surface area (Å²) in [6.45, 7) is 0. The van der Waals surface area contributed by atoms with Crippen molar-refractivity contribution < 1.29 is 4.39 Å². The molecule has 21 heavy (non-hydrogen) atoms. The number of nitrogens with zero attached hydrogens (tertiary/aromatic N) is 1. The molecule has 0 radical (unpaired) electrons. The molecule has 0 spiro atoms. The second-order valence-electron chi connectivity index (χ2n) is 4.84. The highest BCUT2D eigenvalue weighted by molar-refractivity contribution is 9.10. The Hall–Kier alpha value is -1.78. The molecule has 4 heteroatoms. The van der Waals surface area contributed by atoms with E-state index in [0.717, 1.165) is 26.5 Å². The first kappa shape index (κ1) is 14.2. The van der Waals surface area contributed by atoms with Gasteiger partial charge in [0.15, 0.2) is 0 Å². The number of nitrogens with one attached hydrogen (secondary N) is 1. The quantitative estimate of drug-likeness (QED) is 0.759. The van der Waals surface area contributed by atoms with Crippen molar-refractivity contribution in [2.75, 3.05) is 7.05 Å². The van der Waals surface area contributed by atoms with E-state index >= 15 is 0 Å². The number of benzene rings is 2. The molecule has 3 aromatic rings. The zero-order valence-corrected chi connectivity index (χ0v) is 13.1. The second-order valence-corrected chi connectivity index (χ2v) is 5.70. The van der Waals surface area contributed by atoms with Crippen LogP contribution in [0, 0.1) is 5.82 Å². The molecule has 0 aliphatic rings. The molecule has 2 aromatic carbocycles. The minimum absolute atomic E-state index is 0.0959. The summed E-state index contributed by atoms with van der Waals surface area (Å²) in [7, 11) is 1.87. The zero-order chi connectivity index (χ0) is 14.8. The van der Waals surface area contributed by atoms with Crippen molar-refractivity contribution >= 4 is 26.8 Å². The summed E-state index contributed by atoms with van der Waals surface area (Å²) in [6.07, 6.45) is 1.78. The number of hydrogen-bond donors (Lipinski definition) is 1. The van der Waals surface area contributed by atoms with E-state index in [1.807, 2.05) is 37.4 Å². The third-order valence-corrected chi connectivity index (χ3v) is 4.24. The summed E-state index contributed by atoms with van der Waals surface area (Å²) in [5, 5.41) is 4.33. The summed E-state index contributed by atoms with van der Waals surface area (Å²) in [5.41, 5.74) is 2.85. The number of rotatable bonds is 3. The topological polar surface area (TPSA) is 24.9 Å². The molecule has 0 aliphatic heterocycles. The maximum atomic E-state index is 13.6. The Balaban J connectivity index is 2.11. The lowest BCUT2D eigenvalue weighted by atomic mass is 9.97. The summed E-state index contributed by atoms with van der Waals surface area (Å²) in [4.78, 5) is 4.38. The molecule has 0 aliphatic carbocycles. The highest BCUT2D eigenvalue weighted by Crippen LogP contribution is 2.30. The second kappa shape index (κ2) is 5.92. The predicted octanol–water partition coefficient (Wildman–Crippen LogP) is 4.45. The lowest BCUT2D eigenvalue weighted by molar-refractivity contribution is 0.615. The van der Waals surface area contributed by atoms with Crippen LogP contribution in [0.15, 0.2) is 59.2 Å². The Morgan fingerprint density at radius 3 is 2.81 bits per heavy atom. The van der Waals surface area contributed by atoms with Gasteiger partial charge < -0.3 is 5.32 Å². The molecule has 3 rings (SSSR count). The van der Waals surface area contributed by atoms with E-state index in [2.05, 4.69) is 26.2 Å². The lowest BCUT2D eigenvalue weighted by Crippen LogP contribution is -2.18. The summed E-state index contributed by atoms with van der Waals surface area (Å²) < 4.78 is 14.4. The monoisotopic (exact) mass is 344 g/mol. The normalized spacial score (nSPS) is 12.5. The molecule has 106 valence electrons. The molecule has 2 nitrogen and oxygen atoms in total. The molecule has 0 saturated carbocycles. The van der Waals surface area contributed by atoms with Crippen LogP contribution in [-0.4, -0.2) is 12.0 Å². The third kappa shape index (κ3) is 2.82. The van der Waals surface area contributed by atoms with Gasteiger partial charge in [-0.05, 0) is 48.5 Å². The highest BCUT2D eigenvalue weighted by Gasteiger charge is 2.16. The van der Waals surface area contributed by atoms with Gasteiger partial charge in [-0.15, -0.1) is 0 Å². The molecule has 1 unspecified atom stereocenters. The van der Waals surface area contributed by atoms with Crippen LogP contribution in [-0.2, 0) is 0 Å². The van der Waals surface area contributed by atoms with Crippen molar-refractivity contribution in [1.82, 2.24) is 10.3 Å². The van der Waals surface area contributed by atoms with Crippen LogP contribution in [0.5, 0.6) is 0 Å². The van der Waals surface area contributed by atoms with E-state index in [1.165, 1.54) is 6.07 Å². The van der Waals surface area contributed by atoms with Crippen molar-refractivity contribution in [2.45, 2.75) is 6.04 Å². The summed E-state index contributed by atoms with van der Waals surface area (Å²) >= 11 is 3.50. The van der Waals surface area contributed by atoms with Gasteiger partial charge in [-0.25, -0.2) is 4.39 Å². The SMILES string of the molecule is CNC(c1ccc2cccnc2c1)c1cc(F)ccc1Br. The fourth-order valence-corrected chi connectivity index (χ4v) is 2.98. The molecule has 1 atom stereocenters. The third-order valence-electron chi connectivity index (χ3n) is 3.52. The van der Waals surface area contributed by atoms with E-state index < -0.39 is 0 Å². The van der Waals surface area contributed by atoms with E-state index in [9.17, 15) is 4.39 Å². The Morgan fingerprint density at radius 1 is 1.14 bits per heavy atom. The van der Waals surface area contributed by atoms with Crippen LogP contribution < -0.4 is 5.32 Å². The molecule has 1 N–H and O–H groups in total.